The Hall–Kier alpha value is -2.65. The van der Waals surface area contributed by atoms with Gasteiger partial charge in [-0.05, 0) is 67.8 Å². The van der Waals surface area contributed by atoms with Crippen LogP contribution < -0.4 is 16.4 Å². The number of rotatable bonds is 8. The number of nitrogen functional groups attached to an aromatic ring is 1. The number of anilines is 1. The van der Waals surface area contributed by atoms with Gasteiger partial charge in [0.1, 0.15) is 10.9 Å². The number of hydrogen-bond donors (Lipinski definition) is 3. The molecule has 1 heterocycles. The third kappa shape index (κ3) is 7.23. The lowest BCUT2D eigenvalue weighted by Gasteiger charge is -2.40. The Labute approximate surface area is 251 Å². The van der Waals surface area contributed by atoms with E-state index < -0.39 is 6.04 Å². The Morgan fingerprint density at radius 2 is 1.37 bits per heavy atom. The van der Waals surface area contributed by atoms with Gasteiger partial charge in [-0.1, -0.05) is 81.5 Å². The Kier molecular flexibility index (Phi) is 10.2. The van der Waals surface area contributed by atoms with E-state index in [1.54, 1.807) is 17.0 Å². The molecule has 3 amide bonds. The van der Waals surface area contributed by atoms with Gasteiger partial charge in [-0.3, -0.25) is 14.4 Å². The predicted octanol–water partition coefficient (Wildman–Crippen LogP) is 6.41. The molecule has 3 aliphatic carbocycles. The minimum Gasteiger partial charge on any atom is -0.395 e. The molecule has 8 nitrogen and oxygen atoms in total. The summed E-state index contributed by atoms with van der Waals surface area (Å²) in [6.07, 6.45) is 15.2. The monoisotopic (exact) mass is 599 g/mol. The summed E-state index contributed by atoms with van der Waals surface area (Å²) in [6, 6.07) is 6.41. The third-order valence-corrected chi connectivity index (χ3v) is 10.0. The number of nitrogens with two attached hydrogens (primary N) is 1. The first kappa shape index (κ1) is 29.8. The van der Waals surface area contributed by atoms with Gasteiger partial charge in [-0.2, -0.15) is 4.37 Å². The van der Waals surface area contributed by atoms with Gasteiger partial charge in [0.15, 0.2) is 5.69 Å². The number of hydrogen-bond acceptors (Lipinski definition) is 6. The van der Waals surface area contributed by atoms with E-state index in [0.29, 0.717) is 10.6 Å². The highest BCUT2D eigenvalue weighted by atomic mass is 35.5. The molecule has 41 heavy (non-hydrogen) atoms. The van der Waals surface area contributed by atoms with E-state index in [2.05, 4.69) is 15.0 Å². The second kappa shape index (κ2) is 14.0. The Morgan fingerprint density at radius 3 is 1.95 bits per heavy atom. The highest BCUT2D eigenvalue weighted by molar-refractivity contribution is 7.09. The summed E-state index contributed by atoms with van der Waals surface area (Å²) in [7, 11) is 0. The van der Waals surface area contributed by atoms with Crippen molar-refractivity contribution < 1.29 is 14.4 Å². The third-order valence-electron chi connectivity index (χ3n) is 8.94. The van der Waals surface area contributed by atoms with Gasteiger partial charge in [0.25, 0.3) is 11.8 Å². The van der Waals surface area contributed by atoms with Crippen LogP contribution in [0.4, 0.5) is 5.69 Å². The van der Waals surface area contributed by atoms with Crippen LogP contribution in [0.5, 0.6) is 0 Å². The minimum atomic E-state index is -0.842. The molecule has 0 bridgehead atoms. The van der Waals surface area contributed by atoms with Crippen molar-refractivity contribution in [2.45, 2.75) is 120 Å². The number of amides is 3. The lowest BCUT2D eigenvalue weighted by atomic mass is 9.90. The summed E-state index contributed by atoms with van der Waals surface area (Å²) >= 11 is 7.17. The molecule has 0 radical (unpaired) electrons. The summed E-state index contributed by atoms with van der Waals surface area (Å²) in [4.78, 5) is 43.6. The summed E-state index contributed by atoms with van der Waals surface area (Å²) in [5.41, 5.74) is 7.39. The molecule has 0 spiro atoms. The molecular weight excluding hydrogens is 558 g/mol. The average molecular weight is 600 g/mol. The Bertz CT molecular complexity index is 1200. The number of nitrogens with one attached hydrogen (secondary N) is 2. The SMILES string of the molecule is Nc1c(C(=O)NC2CCCCC2)nsc1C(=O)N(C1CCCCC1)C(C(=O)NC1CCCCC1)c1ccc(Cl)cc1. The molecule has 1 unspecified atom stereocenters. The number of carbonyl (C=O) groups excluding carboxylic acids is 3. The molecule has 2 aromatic rings. The maximum Gasteiger partial charge on any atom is 0.273 e. The van der Waals surface area contributed by atoms with Crippen LogP contribution in [-0.2, 0) is 4.79 Å². The molecule has 5 rings (SSSR count). The summed E-state index contributed by atoms with van der Waals surface area (Å²) in [5.74, 6) is -0.864. The topological polar surface area (TPSA) is 117 Å². The van der Waals surface area contributed by atoms with Crippen LogP contribution in [0.2, 0.25) is 5.02 Å². The first-order valence-corrected chi connectivity index (χ1v) is 16.5. The normalized spacial score (nSPS) is 19.8. The zero-order valence-corrected chi connectivity index (χ0v) is 25.3. The smallest absolute Gasteiger partial charge is 0.273 e. The first-order valence-electron chi connectivity index (χ1n) is 15.4. The number of aromatic nitrogens is 1. The lowest BCUT2D eigenvalue weighted by Crippen LogP contribution is -2.51. The van der Waals surface area contributed by atoms with E-state index in [9.17, 15) is 14.4 Å². The molecular formula is C31H42ClN5O3S. The fraction of sp³-hybridized carbons (Fsp3) is 0.613. The number of carbonyl (C=O) groups is 3. The van der Waals surface area contributed by atoms with Crippen molar-refractivity contribution in [1.82, 2.24) is 19.9 Å². The van der Waals surface area contributed by atoms with Crippen molar-refractivity contribution in [2.24, 2.45) is 0 Å². The largest absolute Gasteiger partial charge is 0.395 e. The van der Waals surface area contributed by atoms with Crippen LogP contribution >= 0.6 is 23.1 Å². The Balaban J connectivity index is 1.47. The molecule has 1 atom stereocenters. The maximum absolute atomic E-state index is 14.4. The van der Waals surface area contributed by atoms with E-state index in [4.69, 9.17) is 17.3 Å². The quantitative estimate of drug-likeness (QED) is 0.324. The summed E-state index contributed by atoms with van der Waals surface area (Å²) in [5, 5.41) is 6.90. The predicted molar refractivity (Wildman–Crippen MR) is 163 cm³/mol. The Morgan fingerprint density at radius 1 is 0.829 bits per heavy atom. The van der Waals surface area contributed by atoms with Gasteiger partial charge in [-0.25, -0.2) is 0 Å². The fourth-order valence-electron chi connectivity index (χ4n) is 6.70. The molecule has 0 saturated heterocycles. The van der Waals surface area contributed by atoms with E-state index in [0.717, 1.165) is 95.0 Å². The fourth-order valence-corrected chi connectivity index (χ4v) is 7.56. The van der Waals surface area contributed by atoms with E-state index >= 15 is 0 Å². The van der Waals surface area contributed by atoms with Crippen molar-refractivity contribution in [3.8, 4) is 0 Å². The lowest BCUT2D eigenvalue weighted by molar-refractivity contribution is -0.127. The highest BCUT2D eigenvalue weighted by Crippen LogP contribution is 2.36. The molecule has 3 aliphatic rings. The highest BCUT2D eigenvalue weighted by Gasteiger charge is 2.40. The molecule has 1 aromatic carbocycles. The summed E-state index contributed by atoms with van der Waals surface area (Å²) in [6.45, 7) is 0. The number of halogens is 1. The van der Waals surface area contributed by atoms with Gasteiger partial charge in [-0.15, -0.1) is 0 Å². The standard InChI is InChI=1S/C31H42ClN5O3S/c32-21-18-16-20(17-19-21)27(30(39)35-23-12-6-2-7-13-23)37(24-14-8-3-9-15-24)31(40)28-25(33)26(36-41-28)29(38)34-22-10-4-1-5-11-22/h16-19,22-24,27H,1-15,33H2,(H,34,38)(H,35,39). The molecule has 3 saturated carbocycles. The maximum atomic E-state index is 14.4. The van der Waals surface area contributed by atoms with Crippen molar-refractivity contribution in [2.75, 3.05) is 5.73 Å². The second-order valence-electron chi connectivity index (χ2n) is 11.9. The van der Waals surface area contributed by atoms with Crippen molar-refractivity contribution in [3.05, 3.63) is 45.4 Å². The molecule has 3 fully saturated rings. The van der Waals surface area contributed by atoms with E-state index in [-0.39, 0.29) is 52.1 Å². The molecule has 222 valence electrons. The van der Waals surface area contributed by atoms with Crippen LogP contribution in [0.15, 0.2) is 24.3 Å². The van der Waals surface area contributed by atoms with E-state index in [1.807, 2.05) is 12.1 Å². The molecule has 4 N–H and O–H groups in total. The van der Waals surface area contributed by atoms with E-state index in [1.165, 1.54) is 12.8 Å². The van der Waals surface area contributed by atoms with Gasteiger partial charge in [0, 0.05) is 23.1 Å². The second-order valence-corrected chi connectivity index (χ2v) is 13.1. The van der Waals surface area contributed by atoms with Crippen molar-refractivity contribution in [3.63, 3.8) is 0 Å². The molecule has 10 heteroatoms. The van der Waals surface area contributed by atoms with Gasteiger partial charge < -0.3 is 21.3 Å². The van der Waals surface area contributed by atoms with Gasteiger partial charge >= 0.3 is 0 Å². The van der Waals surface area contributed by atoms with Gasteiger partial charge in [0.2, 0.25) is 5.91 Å². The van der Waals surface area contributed by atoms with Crippen LogP contribution in [0.25, 0.3) is 0 Å². The minimum absolute atomic E-state index is 0.0941. The first-order chi connectivity index (χ1) is 19.9. The number of nitrogens with zero attached hydrogens (tertiary/aromatic N) is 2. The van der Waals surface area contributed by atoms with Crippen LogP contribution in [0, 0.1) is 0 Å². The van der Waals surface area contributed by atoms with Crippen LogP contribution in [0.1, 0.15) is 128 Å². The number of benzene rings is 1. The zero-order chi connectivity index (χ0) is 28.8. The summed E-state index contributed by atoms with van der Waals surface area (Å²) < 4.78 is 4.35. The van der Waals surface area contributed by atoms with Crippen molar-refractivity contribution in [1.29, 1.82) is 0 Å². The molecule has 1 aromatic heterocycles. The molecule has 0 aliphatic heterocycles. The van der Waals surface area contributed by atoms with Crippen LogP contribution in [-0.4, -0.2) is 45.1 Å². The van der Waals surface area contributed by atoms with Crippen molar-refractivity contribution >= 4 is 46.5 Å². The zero-order valence-electron chi connectivity index (χ0n) is 23.7. The van der Waals surface area contributed by atoms with Crippen LogP contribution in [0.3, 0.4) is 0 Å². The average Bonchev–Trinajstić information content (AvgIpc) is 3.39. The van der Waals surface area contributed by atoms with Gasteiger partial charge in [0.05, 0.1) is 5.69 Å².